The predicted molar refractivity (Wildman–Crippen MR) is 68.3 cm³/mol. The van der Waals surface area contributed by atoms with Crippen molar-refractivity contribution in [3.05, 3.63) is 12.2 Å². The van der Waals surface area contributed by atoms with Crippen LogP contribution in [-0.4, -0.2) is 28.7 Å². The highest BCUT2D eigenvalue weighted by molar-refractivity contribution is 8.17. The first kappa shape index (κ1) is 13.0. The van der Waals surface area contributed by atoms with Gasteiger partial charge in [-0.1, -0.05) is 19.4 Å². The van der Waals surface area contributed by atoms with E-state index in [-0.39, 0.29) is 5.97 Å². The Kier molecular flexibility index (Phi) is 7.01. The van der Waals surface area contributed by atoms with E-state index in [1.807, 2.05) is 29.6 Å². The van der Waals surface area contributed by atoms with Crippen molar-refractivity contribution in [2.24, 2.45) is 0 Å². The molecule has 1 fully saturated rings. The van der Waals surface area contributed by atoms with Crippen LogP contribution in [0.3, 0.4) is 0 Å². The fourth-order valence-corrected chi connectivity index (χ4v) is 3.75. The van der Waals surface area contributed by atoms with E-state index in [1.54, 1.807) is 6.08 Å². The molecule has 1 saturated heterocycles. The van der Waals surface area contributed by atoms with Gasteiger partial charge in [0.25, 0.3) is 0 Å². The van der Waals surface area contributed by atoms with E-state index >= 15 is 0 Å². The smallest absolute Gasteiger partial charge is 0.330 e. The molecule has 0 aromatic carbocycles. The summed E-state index contributed by atoms with van der Waals surface area (Å²) in [7, 11) is 0. The molecule has 15 heavy (non-hydrogen) atoms. The minimum Gasteiger partial charge on any atom is -0.463 e. The molecule has 0 aromatic heterocycles. The minimum absolute atomic E-state index is 0.199. The van der Waals surface area contributed by atoms with Crippen LogP contribution in [0, 0.1) is 0 Å². The monoisotopic (exact) mass is 246 g/mol. The van der Waals surface area contributed by atoms with E-state index < -0.39 is 0 Å². The van der Waals surface area contributed by atoms with Crippen LogP contribution in [0.2, 0.25) is 0 Å². The number of ether oxygens (including phenoxy) is 1. The van der Waals surface area contributed by atoms with Gasteiger partial charge in [0.05, 0.1) is 11.2 Å². The first-order valence-electron chi connectivity index (χ1n) is 5.41. The topological polar surface area (TPSA) is 26.3 Å². The average molecular weight is 246 g/mol. The second-order valence-electron chi connectivity index (χ2n) is 3.34. The number of carbonyl (C=O) groups is 1. The summed E-state index contributed by atoms with van der Waals surface area (Å²) in [4.78, 5) is 11.2. The van der Waals surface area contributed by atoms with E-state index in [0.29, 0.717) is 11.2 Å². The normalized spacial score (nSPS) is 18.2. The largest absolute Gasteiger partial charge is 0.463 e. The molecule has 1 rings (SSSR count). The van der Waals surface area contributed by atoms with Gasteiger partial charge >= 0.3 is 5.97 Å². The quantitative estimate of drug-likeness (QED) is 0.423. The molecule has 0 aliphatic carbocycles. The van der Waals surface area contributed by atoms with Gasteiger partial charge in [-0.25, -0.2) is 4.79 Å². The van der Waals surface area contributed by atoms with Crippen molar-refractivity contribution < 1.29 is 9.53 Å². The first-order chi connectivity index (χ1) is 7.33. The fourth-order valence-electron chi connectivity index (χ4n) is 1.14. The van der Waals surface area contributed by atoms with Crippen LogP contribution in [0.4, 0.5) is 0 Å². The molecule has 1 heterocycles. The lowest BCUT2D eigenvalue weighted by atomic mass is 10.4. The molecule has 0 aromatic rings. The predicted octanol–water partition coefficient (Wildman–Crippen LogP) is 3.08. The van der Waals surface area contributed by atoms with Crippen LogP contribution in [0.5, 0.6) is 0 Å². The zero-order valence-electron chi connectivity index (χ0n) is 9.11. The van der Waals surface area contributed by atoms with Gasteiger partial charge in [-0.3, -0.25) is 0 Å². The van der Waals surface area contributed by atoms with E-state index in [1.165, 1.54) is 17.9 Å². The first-order valence-corrected chi connectivity index (χ1v) is 7.51. The minimum atomic E-state index is -0.199. The molecule has 0 atom stereocenters. The Morgan fingerprint density at radius 2 is 2.20 bits per heavy atom. The zero-order valence-corrected chi connectivity index (χ0v) is 10.7. The lowest BCUT2D eigenvalue weighted by Gasteiger charge is -2.16. The molecule has 86 valence electrons. The van der Waals surface area contributed by atoms with Crippen molar-refractivity contribution in [3.63, 3.8) is 0 Å². The van der Waals surface area contributed by atoms with Gasteiger partial charge in [0.1, 0.15) is 0 Å². The summed E-state index contributed by atoms with van der Waals surface area (Å²) in [6, 6.07) is 0. The Labute approximate surface area is 100 Å². The number of esters is 1. The van der Waals surface area contributed by atoms with Crippen molar-refractivity contribution in [2.75, 3.05) is 18.1 Å². The third-order valence-corrected chi connectivity index (χ3v) is 4.82. The lowest BCUT2D eigenvalue weighted by Crippen LogP contribution is -2.06. The van der Waals surface area contributed by atoms with Crippen molar-refractivity contribution >= 4 is 29.5 Å². The van der Waals surface area contributed by atoms with Crippen molar-refractivity contribution in [2.45, 2.75) is 30.8 Å². The number of carbonyl (C=O) groups excluding carboxylic acids is 1. The van der Waals surface area contributed by atoms with Crippen LogP contribution >= 0.6 is 23.5 Å². The second kappa shape index (κ2) is 8.11. The van der Waals surface area contributed by atoms with Gasteiger partial charge in [0.15, 0.2) is 0 Å². The molecule has 0 amide bonds. The SMILES string of the molecule is CCCCOC(=O)/C=C/C1SCCCS1. The Bertz CT molecular complexity index is 211. The van der Waals surface area contributed by atoms with Crippen molar-refractivity contribution in [1.29, 1.82) is 0 Å². The van der Waals surface area contributed by atoms with E-state index in [9.17, 15) is 4.79 Å². The molecule has 2 nitrogen and oxygen atoms in total. The van der Waals surface area contributed by atoms with Gasteiger partial charge in [0, 0.05) is 6.08 Å². The zero-order chi connectivity index (χ0) is 10.9. The average Bonchev–Trinajstić information content (AvgIpc) is 2.28. The number of thioether (sulfide) groups is 2. The molecule has 0 spiro atoms. The van der Waals surface area contributed by atoms with Gasteiger partial charge in [-0.2, -0.15) is 0 Å². The van der Waals surface area contributed by atoms with Gasteiger partial charge in [-0.15, -0.1) is 23.5 Å². The summed E-state index contributed by atoms with van der Waals surface area (Å²) < 4.78 is 5.47. The molecule has 1 aliphatic heterocycles. The second-order valence-corrected chi connectivity index (χ2v) is 6.14. The summed E-state index contributed by atoms with van der Waals surface area (Å²) in [5, 5.41) is 0. The number of hydrogen-bond acceptors (Lipinski definition) is 4. The Hall–Kier alpha value is -0.0900. The van der Waals surface area contributed by atoms with Gasteiger partial charge in [0.2, 0.25) is 0 Å². The summed E-state index contributed by atoms with van der Waals surface area (Å²) in [6.07, 6.45) is 6.83. The summed E-state index contributed by atoms with van der Waals surface area (Å²) in [5.74, 6) is 2.20. The van der Waals surface area contributed by atoms with E-state index in [2.05, 4.69) is 6.92 Å². The number of hydrogen-bond donors (Lipinski definition) is 0. The molecule has 1 aliphatic rings. The number of unbranched alkanes of at least 4 members (excludes halogenated alkanes) is 1. The molecular formula is C11H18O2S2. The number of rotatable bonds is 5. The summed E-state index contributed by atoms with van der Waals surface area (Å²) >= 11 is 3.80. The van der Waals surface area contributed by atoms with Crippen LogP contribution in [-0.2, 0) is 9.53 Å². The van der Waals surface area contributed by atoms with E-state index in [4.69, 9.17) is 4.74 Å². The molecule has 0 bridgehead atoms. The van der Waals surface area contributed by atoms with Crippen molar-refractivity contribution in [1.82, 2.24) is 0 Å². The van der Waals surface area contributed by atoms with Crippen LogP contribution in [0.15, 0.2) is 12.2 Å². The standard InChI is InChI=1S/C11H18O2S2/c1-2-3-7-13-10(12)5-6-11-14-8-4-9-15-11/h5-6,11H,2-4,7-9H2,1H3/b6-5+. The molecule has 0 N–H and O–H groups in total. The van der Waals surface area contributed by atoms with Crippen molar-refractivity contribution in [3.8, 4) is 0 Å². The maximum Gasteiger partial charge on any atom is 0.330 e. The highest BCUT2D eigenvalue weighted by atomic mass is 32.2. The highest BCUT2D eigenvalue weighted by Gasteiger charge is 2.11. The molecule has 0 saturated carbocycles. The van der Waals surface area contributed by atoms with Gasteiger partial charge < -0.3 is 4.74 Å². The Morgan fingerprint density at radius 1 is 1.47 bits per heavy atom. The third kappa shape index (κ3) is 6.15. The Morgan fingerprint density at radius 3 is 2.87 bits per heavy atom. The lowest BCUT2D eigenvalue weighted by molar-refractivity contribution is -0.137. The highest BCUT2D eigenvalue weighted by Crippen LogP contribution is 2.31. The summed E-state index contributed by atoms with van der Waals surface area (Å²) in [6.45, 7) is 2.63. The van der Waals surface area contributed by atoms with E-state index in [0.717, 1.165) is 12.8 Å². The molecule has 0 radical (unpaired) electrons. The maximum absolute atomic E-state index is 11.2. The van der Waals surface area contributed by atoms with Crippen LogP contribution < -0.4 is 0 Å². The summed E-state index contributed by atoms with van der Waals surface area (Å²) in [5.41, 5.74) is 0. The van der Waals surface area contributed by atoms with Crippen LogP contribution in [0.1, 0.15) is 26.2 Å². The molecular weight excluding hydrogens is 228 g/mol. The third-order valence-electron chi connectivity index (χ3n) is 1.98. The van der Waals surface area contributed by atoms with Crippen LogP contribution in [0.25, 0.3) is 0 Å². The maximum atomic E-state index is 11.2. The fraction of sp³-hybridized carbons (Fsp3) is 0.727. The van der Waals surface area contributed by atoms with Gasteiger partial charge in [-0.05, 0) is 24.3 Å². The Balaban J connectivity index is 2.14. The molecule has 0 unspecified atom stereocenters. The molecule has 4 heteroatoms.